The minimum atomic E-state index is -0.157. The van der Waals surface area contributed by atoms with Crippen LogP contribution in [0, 0.1) is 5.41 Å². The van der Waals surface area contributed by atoms with Crippen molar-refractivity contribution in [2.24, 2.45) is 5.73 Å². The van der Waals surface area contributed by atoms with Crippen molar-refractivity contribution in [3.63, 3.8) is 0 Å². The Hall–Kier alpha value is -1.52. The van der Waals surface area contributed by atoms with Crippen molar-refractivity contribution in [3.8, 4) is 5.88 Å². The van der Waals surface area contributed by atoms with E-state index in [1.54, 1.807) is 0 Å². The SMILES string of the molecule is COc1cc(C(=N)N)on1. The molecule has 0 aromatic carbocycles. The molecule has 5 heteroatoms. The van der Waals surface area contributed by atoms with Crippen molar-refractivity contribution in [3.05, 3.63) is 11.8 Å². The van der Waals surface area contributed by atoms with Crippen molar-refractivity contribution in [2.45, 2.75) is 0 Å². The fraction of sp³-hybridized carbons (Fsp3) is 0.200. The number of aromatic nitrogens is 1. The number of amidine groups is 1. The molecule has 0 fully saturated rings. The quantitative estimate of drug-likeness (QED) is 0.447. The molecular weight excluding hydrogens is 134 g/mol. The summed E-state index contributed by atoms with van der Waals surface area (Å²) in [5.74, 6) is 0.387. The van der Waals surface area contributed by atoms with Gasteiger partial charge in [-0.25, -0.2) is 0 Å². The molecule has 1 rings (SSSR count). The van der Waals surface area contributed by atoms with Crippen LogP contribution < -0.4 is 10.5 Å². The normalized spacial score (nSPS) is 9.30. The fourth-order valence-corrected chi connectivity index (χ4v) is 0.482. The van der Waals surface area contributed by atoms with Crippen LogP contribution in [0.1, 0.15) is 5.76 Å². The third-order valence-corrected chi connectivity index (χ3v) is 0.963. The maximum atomic E-state index is 6.91. The van der Waals surface area contributed by atoms with E-state index in [0.29, 0.717) is 5.88 Å². The minimum absolute atomic E-state index is 0.157. The molecule has 1 aromatic heterocycles. The molecule has 54 valence electrons. The van der Waals surface area contributed by atoms with E-state index in [-0.39, 0.29) is 11.6 Å². The molecule has 0 amide bonds. The number of rotatable bonds is 2. The van der Waals surface area contributed by atoms with Gasteiger partial charge in [0.25, 0.3) is 5.88 Å². The van der Waals surface area contributed by atoms with Crippen molar-refractivity contribution >= 4 is 5.84 Å². The Morgan fingerprint density at radius 2 is 2.60 bits per heavy atom. The van der Waals surface area contributed by atoms with Gasteiger partial charge in [-0.2, -0.15) is 0 Å². The number of ether oxygens (including phenoxy) is 1. The molecule has 0 saturated carbocycles. The minimum Gasteiger partial charge on any atom is -0.479 e. The molecule has 10 heavy (non-hydrogen) atoms. The van der Waals surface area contributed by atoms with E-state index in [4.69, 9.17) is 11.1 Å². The van der Waals surface area contributed by atoms with Gasteiger partial charge >= 0.3 is 0 Å². The van der Waals surface area contributed by atoms with Crippen molar-refractivity contribution in [1.82, 2.24) is 5.16 Å². The summed E-state index contributed by atoms with van der Waals surface area (Å²) in [5, 5.41) is 10.4. The van der Waals surface area contributed by atoms with E-state index in [1.807, 2.05) is 0 Å². The van der Waals surface area contributed by atoms with Gasteiger partial charge in [0.15, 0.2) is 5.84 Å². The van der Waals surface area contributed by atoms with Crippen molar-refractivity contribution in [1.29, 1.82) is 5.41 Å². The molecule has 0 aliphatic heterocycles. The lowest BCUT2D eigenvalue weighted by Crippen LogP contribution is -2.09. The maximum Gasteiger partial charge on any atom is 0.254 e. The van der Waals surface area contributed by atoms with Gasteiger partial charge in [0, 0.05) is 0 Å². The summed E-state index contributed by atoms with van der Waals surface area (Å²) in [7, 11) is 1.46. The molecule has 0 bridgehead atoms. The monoisotopic (exact) mass is 141 g/mol. The molecule has 0 spiro atoms. The predicted molar refractivity (Wildman–Crippen MR) is 34.1 cm³/mol. The molecule has 0 aliphatic carbocycles. The average Bonchev–Trinajstić information content (AvgIpc) is 2.34. The topological polar surface area (TPSA) is 85.1 Å². The lowest BCUT2D eigenvalue weighted by atomic mass is 10.4. The molecule has 0 unspecified atom stereocenters. The lowest BCUT2D eigenvalue weighted by molar-refractivity contribution is 0.336. The zero-order chi connectivity index (χ0) is 7.56. The van der Waals surface area contributed by atoms with E-state index < -0.39 is 0 Å². The zero-order valence-electron chi connectivity index (χ0n) is 5.42. The summed E-state index contributed by atoms with van der Waals surface area (Å²) >= 11 is 0. The van der Waals surface area contributed by atoms with Crippen LogP contribution in [0.4, 0.5) is 0 Å². The largest absolute Gasteiger partial charge is 0.479 e. The molecular formula is C5H7N3O2. The average molecular weight is 141 g/mol. The summed E-state index contributed by atoms with van der Waals surface area (Å²) in [4.78, 5) is 0. The smallest absolute Gasteiger partial charge is 0.254 e. The lowest BCUT2D eigenvalue weighted by Gasteiger charge is -1.84. The van der Waals surface area contributed by atoms with E-state index in [1.165, 1.54) is 13.2 Å². The first kappa shape index (κ1) is 6.60. The number of nitrogens with two attached hydrogens (primary N) is 1. The van der Waals surface area contributed by atoms with Crippen molar-refractivity contribution in [2.75, 3.05) is 7.11 Å². The van der Waals surface area contributed by atoms with Crippen molar-refractivity contribution < 1.29 is 9.26 Å². The highest BCUT2D eigenvalue weighted by Crippen LogP contribution is 2.08. The summed E-state index contributed by atoms with van der Waals surface area (Å²) in [6.07, 6.45) is 0. The Kier molecular flexibility index (Phi) is 1.57. The number of hydrogen-bond acceptors (Lipinski definition) is 4. The molecule has 0 saturated heterocycles. The van der Waals surface area contributed by atoms with Gasteiger partial charge in [0.05, 0.1) is 13.2 Å². The zero-order valence-corrected chi connectivity index (χ0v) is 5.42. The first-order valence-corrected chi connectivity index (χ1v) is 2.59. The van der Waals surface area contributed by atoms with E-state index in [0.717, 1.165) is 0 Å². The van der Waals surface area contributed by atoms with Gasteiger partial charge in [-0.1, -0.05) is 0 Å². The molecule has 1 aromatic rings. The van der Waals surface area contributed by atoms with Gasteiger partial charge in [-0.3, -0.25) is 5.41 Å². The first-order valence-electron chi connectivity index (χ1n) is 2.59. The van der Waals surface area contributed by atoms with Gasteiger partial charge in [0.1, 0.15) is 0 Å². The summed E-state index contributed by atoms with van der Waals surface area (Å²) in [6.45, 7) is 0. The number of nitrogens with zero attached hydrogens (tertiary/aromatic N) is 1. The molecule has 0 aliphatic rings. The third-order valence-electron chi connectivity index (χ3n) is 0.963. The summed E-state index contributed by atoms with van der Waals surface area (Å²) in [5.41, 5.74) is 5.08. The second-order valence-electron chi connectivity index (χ2n) is 1.65. The Labute approximate surface area is 57.3 Å². The van der Waals surface area contributed by atoms with Crippen LogP contribution in [0.15, 0.2) is 10.6 Å². The van der Waals surface area contributed by atoms with Gasteiger partial charge < -0.3 is 15.0 Å². The standard InChI is InChI=1S/C5H7N3O2/c1-9-4-2-3(5(6)7)10-8-4/h2H,1H3,(H3,6,7). The van der Waals surface area contributed by atoms with Crippen LogP contribution in [0.2, 0.25) is 0 Å². The van der Waals surface area contributed by atoms with Gasteiger partial charge in [0.2, 0.25) is 5.76 Å². The number of nitrogen functional groups attached to an aromatic ring is 1. The number of methoxy groups -OCH3 is 1. The van der Waals surface area contributed by atoms with Crippen LogP contribution in [-0.4, -0.2) is 18.1 Å². The first-order chi connectivity index (χ1) is 4.74. The van der Waals surface area contributed by atoms with Crippen LogP contribution in [-0.2, 0) is 0 Å². The van der Waals surface area contributed by atoms with E-state index >= 15 is 0 Å². The Bertz CT molecular complexity index is 243. The molecule has 0 atom stereocenters. The summed E-state index contributed by atoms with van der Waals surface area (Å²) < 4.78 is 9.28. The highest BCUT2D eigenvalue weighted by molar-refractivity contribution is 5.92. The fourth-order valence-electron chi connectivity index (χ4n) is 0.482. The van der Waals surface area contributed by atoms with Gasteiger partial charge in [-0.15, -0.1) is 0 Å². The second-order valence-corrected chi connectivity index (χ2v) is 1.65. The highest BCUT2D eigenvalue weighted by Gasteiger charge is 2.04. The Morgan fingerprint density at radius 3 is 2.90 bits per heavy atom. The number of nitrogens with one attached hydrogen (secondary N) is 1. The Morgan fingerprint density at radius 1 is 1.90 bits per heavy atom. The summed E-state index contributed by atoms with van der Waals surface area (Å²) in [6, 6.07) is 1.45. The highest BCUT2D eigenvalue weighted by atomic mass is 16.5. The van der Waals surface area contributed by atoms with E-state index in [2.05, 4.69) is 14.4 Å². The second kappa shape index (κ2) is 2.38. The van der Waals surface area contributed by atoms with Crippen LogP contribution >= 0.6 is 0 Å². The van der Waals surface area contributed by atoms with E-state index in [9.17, 15) is 0 Å². The molecule has 0 radical (unpaired) electrons. The predicted octanol–water partition coefficient (Wildman–Crippen LogP) is -0.0327. The molecule has 1 heterocycles. The van der Waals surface area contributed by atoms with Crippen LogP contribution in [0.3, 0.4) is 0 Å². The molecule has 3 N–H and O–H groups in total. The number of hydrogen-bond donors (Lipinski definition) is 2. The van der Waals surface area contributed by atoms with Crippen LogP contribution in [0.5, 0.6) is 5.88 Å². The molecule has 5 nitrogen and oxygen atoms in total. The Balaban J connectivity index is 2.88. The van der Waals surface area contributed by atoms with Gasteiger partial charge in [-0.05, 0) is 5.16 Å². The third kappa shape index (κ3) is 1.07. The maximum absolute atomic E-state index is 6.91. The van der Waals surface area contributed by atoms with Crippen LogP contribution in [0.25, 0.3) is 0 Å².